The van der Waals surface area contributed by atoms with E-state index in [0.717, 1.165) is 24.7 Å². The van der Waals surface area contributed by atoms with E-state index in [4.69, 9.17) is 5.73 Å². The molecule has 8 nitrogen and oxygen atoms in total. The summed E-state index contributed by atoms with van der Waals surface area (Å²) in [5.41, 5.74) is 2.88. The van der Waals surface area contributed by atoms with Crippen LogP contribution in [0.2, 0.25) is 0 Å². The first-order valence-electron chi connectivity index (χ1n) is 15.1. The average Bonchev–Trinajstić information content (AvgIpc) is 2.85. The van der Waals surface area contributed by atoms with Crippen LogP contribution in [0, 0.1) is 53.3 Å². The molecule has 8 N–H and O–H groups in total. The van der Waals surface area contributed by atoms with E-state index in [1.54, 1.807) is 0 Å². The van der Waals surface area contributed by atoms with Crippen LogP contribution in [0.4, 0.5) is 0 Å². The van der Waals surface area contributed by atoms with Crippen molar-refractivity contribution in [3.05, 3.63) is 11.3 Å². The maximum Gasteiger partial charge on any atom is 0.166 e. The molecule has 11 atom stereocenters. The Hall–Kier alpha value is -1.03. The predicted octanol–water partition coefficient (Wildman–Crippen LogP) is 2.40. The molecule has 0 aromatic rings. The summed E-state index contributed by atoms with van der Waals surface area (Å²) in [6.07, 6.45) is 5.02. The highest BCUT2D eigenvalue weighted by Gasteiger charge is 2.65. The Labute approximate surface area is 226 Å². The molecule has 0 aliphatic heterocycles. The van der Waals surface area contributed by atoms with Crippen molar-refractivity contribution in [1.29, 1.82) is 0 Å². The number of carbonyl (C=O) groups is 1. The van der Waals surface area contributed by atoms with Crippen LogP contribution in [0.1, 0.15) is 84.5 Å². The summed E-state index contributed by atoms with van der Waals surface area (Å²) >= 11 is 0. The minimum absolute atomic E-state index is 0.124. The van der Waals surface area contributed by atoms with E-state index in [0.29, 0.717) is 24.7 Å². The minimum Gasteiger partial charge on any atom is -0.509 e. The van der Waals surface area contributed by atoms with Gasteiger partial charge in [-0.1, -0.05) is 39.5 Å². The molecule has 0 saturated heterocycles. The highest BCUT2D eigenvalue weighted by Crippen LogP contribution is 2.59. The molecule has 38 heavy (non-hydrogen) atoms. The quantitative estimate of drug-likeness (QED) is 0.264. The van der Waals surface area contributed by atoms with Crippen LogP contribution in [-0.4, -0.2) is 66.6 Å². The zero-order chi connectivity index (χ0) is 27.5. The van der Waals surface area contributed by atoms with E-state index < -0.39 is 59.1 Å². The van der Waals surface area contributed by atoms with Crippen molar-refractivity contribution in [1.82, 2.24) is 0 Å². The van der Waals surface area contributed by atoms with Crippen LogP contribution >= 0.6 is 0 Å². The van der Waals surface area contributed by atoms with Gasteiger partial charge >= 0.3 is 0 Å². The van der Waals surface area contributed by atoms with Crippen molar-refractivity contribution in [3.63, 3.8) is 0 Å². The number of rotatable bonds is 5. The first kappa shape index (κ1) is 28.5. The number of carbonyl (C=O) groups excluding carboxylic acids is 1. The molecule has 0 radical (unpaired) electrons. The topological polar surface area (TPSA) is 164 Å². The highest BCUT2D eigenvalue weighted by atomic mass is 16.4. The van der Waals surface area contributed by atoms with E-state index in [-0.39, 0.29) is 24.2 Å². The van der Waals surface area contributed by atoms with Gasteiger partial charge in [-0.05, 0) is 74.0 Å². The van der Waals surface area contributed by atoms with E-state index in [1.165, 1.54) is 38.5 Å². The molecule has 0 aromatic heterocycles. The second kappa shape index (κ2) is 10.7. The Morgan fingerprint density at radius 2 is 1.63 bits per heavy atom. The molecule has 5 aliphatic carbocycles. The molecule has 0 heterocycles. The fourth-order valence-electron chi connectivity index (χ4n) is 9.59. The lowest BCUT2D eigenvalue weighted by molar-refractivity contribution is -0.234. The van der Waals surface area contributed by atoms with E-state index >= 15 is 0 Å². The van der Waals surface area contributed by atoms with Gasteiger partial charge in [-0.2, -0.15) is 0 Å². The summed E-state index contributed by atoms with van der Waals surface area (Å²) in [6.45, 7) is 4.57. The summed E-state index contributed by atoms with van der Waals surface area (Å²) in [7, 11) is 0. The van der Waals surface area contributed by atoms with Crippen molar-refractivity contribution >= 4 is 5.78 Å². The summed E-state index contributed by atoms with van der Waals surface area (Å²) in [5, 5.41) is 66.6. The highest BCUT2D eigenvalue weighted by molar-refractivity contribution is 5.98. The lowest BCUT2D eigenvalue weighted by Gasteiger charge is -2.60. The van der Waals surface area contributed by atoms with Gasteiger partial charge in [0, 0.05) is 24.2 Å². The van der Waals surface area contributed by atoms with Crippen LogP contribution in [0.15, 0.2) is 11.3 Å². The predicted molar refractivity (Wildman–Crippen MR) is 141 cm³/mol. The van der Waals surface area contributed by atoms with E-state index in [2.05, 4.69) is 13.8 Å². The monoisotopic (exact) mass is 535 g/mol. The Bertz CT molecular complexity index is 912. The Morgan fingerprint density at radius 3 is 2.26 bits per heavy atom. The van der Waals surface area contributed by atoms with Gasteiger partial charge < -0.3 is 36.4 Å². The molecule has 8 heteroatoms. The van der Waals surface area contributed by atoms with Crippen molar-refractivity contribution in [2.45, 2.75) is 115 Å². The standard InChI is InChI=1S/C30H49NO7/c1-14(2)3-4-15-5-7-16(8-6-15)19-9-10-21(32)24-20(19)12-17-11-18-13-22(33)25(29(31)37)28(36)30(18,38)27(35)23(17)26(24)34/h14-21,23-24,26-27,29,32,34-38H,3-13,31H2,1-2H3/t15?,16?,17-,18+,19?,20?,21?,23?,24?,26?,27?,29?,30+/m1/s1. The second-order valence-electron chi connectivity index (χ2n) is 13.9. The second-order valence-corrected chi connectivity index (χ2v) is 13.9. The van der Waals surface area contributed by atoms with Gasteiger partial charge in [0.1, 0.15) is 12.0 Å². The molecule has 0 amide bonds. The Morgan fingerprint density at radius 1 is 0.947 bits per heavy atom. The number of fused-ring (bicyclic) bond motifs is 3. The zero-order valence-electron chi connectivity index (χ0n) is 23.0. The van der Waals surface area contributed by atoms with Crippen LogP contribution in [-0.2, 0) is 4.79 Å². The van der Waals surface area contributed by atoms with Gasteiger partial charge in [-0.25, -0.2) is 0 Å². The fraction of sp³-hybridized carbons (Fsp3) is 0.900. The molecular weight excluding hydrogens is 486 g/mol. The third kappa shape index (κ3) is 4.67. The summed E-state index contributed by atoms with van der Waals surface area (Å²) in [5.74, 6) is -0.617. The molecule has 5 aliphatic rings. The normalized spacial score (nSPS) is 48.3. The van der Waals surface area contributed by atoms with Crippen LogP contribution in [0.3, 0.4) is 0 Å². The maximum atomic E-state index is 12.7. The molecule has 8 unspecified atom stereocenters. The third-order valence-corrected chi connectivity index (χ3v) is 11.5. The van der Waals surface area contributed by atoms with Crippen LogP contribution in [0.25, 0.3) is 0 Å². The lowest BCUT2D eigenvalue weighted by atomic mass is 9.48. The number of aliphatic hydroxyl groups is 6. The molecule has 4 saturated carbocycles. The molecular formula is C30H49NO7. The van der Waals surface area contributed by atoms with Crippen molar-refractivity contribution in [3.8, 4) is 0 Å². The van der Waals surface area contributed by atoms with Crippen molar-refractivity contribution < 1.29 is 35.4 Å². The maximum absolute atomic E-state index is 12.7. The van der Waals surface area contributed by atoms with Crippen LogP contribution < -0.4 is 5.73 Å². The van der Waals surface area contributed by atoms with E-state index in [9.17, 15) is 35.4 Å². The first-order chi connectivity index (χ1) is 17.9. The molecule has 0 bridgehead atoms. The SMILES string of the molecule is CC(C)CCC1CCC(C2CCC(O)C3C(O)C4C(O)[C@]5(O)C(O)=C(C(N)O)C(=O)C[C@@H]5C[C@@H]4CC23)CC1. The zero-order valence-corrected chi connectivity index (χ0v) is 23.0. The first-order valence-corrected chi connectivity index (χ1v) is 15.1. The number of hydrogen-bond donors (Lipinski definition) is 7. The Kier molecular flexibility index (Phi) is 8.06. The molecule has 0 spiro atoms. The number of nitrogens with two attached hydrogens (primary N) is 1. The number of aliphatic hydroxyl groups excluding tert-OH is 5. The van der Waals surface area contributed by atoms with Gasteiger partial charge in [0.05, 0.1) is 23.9 Å². The number of hydrogen-bond acceptors (Lipinski definition) is 8. The minimum atomic E-state index is -2.16. The van der Waals surface area contributed by atoms with Gasteiger partial charge in [0.2, 0.25) is 0 Å². The summed E-state index contributed by atoms with van der Waals surface area (Å²) < 4.78 is 0. The summed E-state index contributed by atoms with van der Waals surface area (Å²) in [6, 6.07) is 0. The smallest absolute Gasteiger partial charge is 0.166 e. The van der Waals surface area contributed by atoms with Gasteiger partial charge in [-0.15, -0.1) is 0 Å². The van der Waals surface area contributed by atoms with Gasteiger partial charge in [0.15, 0.2) is 11.4 Å². The average molecular weight is 536 g/mol. The third-order valence-electron chi connectivity index (χ3n) is 11.5. The molecule has 216 valence electrons. The Balaban J connectivity index is 1.36. The van der Waals surface area contributed by atoms with Crippen LogP contribution in [0.5, 0.6) is 0 Å². The number of ketones is 1. The van der Waals surface area contributed by atoms with Gasteiger partial charge in [-0.3, -0.25) is 4.79 Å². The van der Waals surface area contributed by atoms with E-state index in [1.807, 2.05) is 0 Å². The lowest BCUT2D eigenvalue weighted by Crippen LogP contribution is -2.68. The fourth-order valence-corrected chi connectivity index (χ4v) is 9.59. The largest absolute Gasteiger partial charge is 0.509 e. The molecule has 0 aromatic carbocycles. The van der Waals surface area contributed by atoms with Crippen molar-refractivity contribution in [2.24, 2.45) is 59.0 Å². The number of Topliss-reactive ketones (excluding diaryl/α,β-unsaturated/α-hetero) is 1. The van der Waals surface area contributed by atoms with Crippen molar-refractivity contribution in [2.75, 3.05) is 0 Å². The van der Waals surface area contributed by atoms with Gasteiger partial charge in [0.25, 0.3) is 0 Å². The summed E-state index contributed by atoms with van der Waals surface area (Å²) in [4.78, 5) is 12.7. The molecule has 5 rings (SSSR count). The molecule has 4 fully saturated rings.